The van der Waals surface area contributed by atoms with Crippen LogP contribution < -0.4 is 8.05 Å². The average molecular weight is 624 g/mol. The quantitative estimate of drug-likeness (QED) is 0.192. The van der Waals surface area contributed by atoms with Crippen LogP contribution in [0.2, 0.25) is 39.3 Å². The molecule has 0 fully saturated rings. The molecular formula is C26H34GaN2O2Si2Zr. The number of fused-ring (bicyclic) bond motifs is 2. The SMILES string of the molecule is C[Si](C)(C)C(=O)[NH][Ga][NH]C(=O)[Si](C)(C)C.[Zr+2].c1ccc2[cH-]ccc2c1.c1ccc2[cH-]ccc2c1. The molecule has 0 heterocycles. The Morgan fingerprint density at radius 1 is 0.647 bits per heavy atom. The Kier molecular flexibility index (Phi) is 12.8. The molecule has 1 radical (unpaired) electrons. The van der Waals surface area contributed by atoms with Crippen LogP contribution in [0.5, 0.6) is 0 Å². The number of hydrogen-bond acceptors (Lipinski definition) is 2. The van der Waals surface area contributed by atoms with Crippen molar-refractivity contribution in [2.45, 2.75) is 39.3 Å². The first-order valence-electron chi connectivity index (χ1n) is 11.1. The third kappa shape index (κ3) is 10.4. The molecule has 175 valence electrons. The fraction of sp³-hybridized carbons (Fsp3) is 0.231. The fourth-order valence-electron chi connectivity index (χ4n) is 2.74. The molecule has 4 nitrogen and oxygen atoms in total. The Morgan fingerprint density at radius 3 is 1.32 bits per heavy atom. The Morgan fingerprint density at radius 2 is 1.00 bits per heavy atom. The van der Waals surface area contributed by atoms with Crippen LogP contribution in [0, 0.1) is 0 Å². The largest absolute Gasteiger partial charge is 2.00 e. The number of rotatable bonds is 4. The first-order valence-corrected chi connectivity index (χ1v) is 20.6. The number of carbonyl (C=O) groups excluding carboxylic acids is 2. The maximum Gasteiger partial charge on any atom is 2.00 e. The minimum atomic E-state index is -1.73. The van der Waals surface area contributed by atoms with E-state index in [0.29, 0.717) is 0 Å². The summed E-state index contributed by atoms with van der Waals surface area (Å²) in [5.74, 6) is 0. The second-order valence-electron chi connectivity index (χ2n) is 9.90. The van der Waals surface area contributed by atoms with Crippen molar-refractivity contribution in [1.82, 2.24) is 8.05 Å². The van der Waals surface area contributed by atoms with Gasteiger partial charge in [-0.25, -0.2) is 0 Å². The number of amides is 2. The van der Waals surface area contributed by atoms with E-state index < -0.39 is 34.0 Å². The van der Waals surface area contributed by atoms with Gasteiger partial charge in [0.15, 0.2) is 0 Å². The zero-order chi connectivity index (χ0) is 24.5. The smallest absolute Gasteiger partial charge is 0.168 e. The van der Waals surface area contributed by atoms with Crippen molar-refractivity contribution in [3.05, 3.63) is 84.9 Å². The van der Waals surface area contributed by atoms with Gasteiger partial charge in [0, 0.05) is 0 Å². The summed E-state index contributed by atoms with van der Waals surface area (Å²) in [4.78, 5) is 23.1. The molecule has 0 aliphatic rings. The molecule has 2 amide bonds. The van der Waals surface area contributed by atoms with E-state index >= 15 is 0 Å². The van der Waals surface area contributed by atoms with E-state index in [2.05, 4.69) is 93.0 Å². The number of hydrogen-bond donors (Lipinski definition) is 2. The second-order valence-corrected chi connectivity index (χ2v) is 21.6. The van der Waals surface area contributed by atoms with E-state index in [9.17, 15) is 9.59 Å². The van der Waals surface area contributed by atoms with Gasteiger partial charge in [-0.2, -0.15) is 35.0 Å². The normalized spacial score (nSPS) is 10.6. The molecule has 8 heteroatoms. The van der Waals surface area contributed by atoms with Gasteiger partial charge in [0.25, 0.3) is 0 Å². The summed E-state index contributed by atoms with van der Waals surface area (Å²) in [7, 11) is -3.46. The molecule has 34 heavy (non-hydrogen) atoms. The van der Waals surface area contributed by atoms with Crippen molar-refractivity contribution in [3.8, 4) is 0 Å². The zero-order valence-corrected chi connectivity index (χ0v) is 27.9. The van der Waals surface area contributed by atoms with Crippen LogP contribution >= 0.6 is 0 Å². The van der Waals surface area contributed by atoms with E-state index in [0.717, 1.165) is 0 Å². The molecule has 4 rings (SSSR count). The van der Waals surface area contributed by atoms with E-state index in [1.54, 1.807) is 0 Å². The van der Waals surface area contributed by atoms with Gasteiger partial charge in [-0.3, -0.25) is 0 Å². The monoisotopic (exact) mass is 621 g/mol. The van der Waals surface area contributed by atoms with Crippen LogP contribution in [0.3, 0.4) is 0 Å². The molecule has 0 aromatic heterocycles. The third-order valence-corrected chi connectivity index (χ3v) is 10.8. The first-order chi connectivity index (χ1) is 15.5. The number of carbonyl (C=O) groups is 2. The van der Waals surface area contributed by atoms with Crippen molar-refractivity contribution in [1.29, 1.82) is 0 Å². The maximum atomic E-state index is 11.5. The van der Waals surface area contributed by atoms with Gasteiger partial charge in [0.05, 0.1) is 0 Å². The molecule has 0 aliphatic carbocycles. The Labute approximate surface area is 233 Å². The fourth-order valence-corrected chi connectivity index (χ4v) is 10.5. The van der Waals surface area contributed by atoms with Gasteiger partial charge in [-0.15, -0.1) is 59.3 Å². The molecule has 0 saturated heterocycles. The Balaban J connectivity index is 0.000000261. The first kappa shape index (κ1) is 30.6. The van der Waals surface area contributed by atoms with Crippen molar-refractivity contribution >= 4 is 66.6 Å². The van der Waals surface area contributed by atoms with Gasteiger partial charge < -0.3 is 0 Å². The van der Waals surface area contributed by atoms with E-state index in [1.165, 1.54) is 21.5 Å². The molecule has 0 aliphatic heterocycles. The average Bonchev–Trinajstić information content (AvgIpc) is 3.42. The van der Waals surface area contributed by atoms with E-state index in [-0.39, 0.29) is 37.3 Å². The van der Waals surface area contributed by atoms with Crippen LogP contribution in [0.15, 0.2) is 84.9 Å². The Bertz CT molecular complexity index is 1020. The van der Waals surface area contributed by atoms with E-state index in [4.69, 9.17) is 0 Å². The summed E-state index contributed by atoms with van der Waals surface area (Å²) in [5, 5.41) is 5.32. The number of nitrogens with one attached hydrogen (secondary N) is 2. The van der Waals surface area contributed by atoms with Gasteiger partial charge >= 0.3 is 128 Å². The molecule has 4 aromatic rings. The standard InChI is InChI=1S/2C9H7.2C4H11NOSi.Ga.Zr/c2*1-2-5-9-7-3-6-8(9)4-1;2*1-7(2,3)4(5)6;;/h2*1-7H;2*1-3H3,(H2,5,6);;/q2*-1;;;2*+2/p-2. The topological polar surface area (TPSA) is 58.2 Å². The van der Waals surface area contributed by atoms with Crippen molar-refractivity contribution < 1.29 is 35.8 Å². The van der Waals surface area contributed by atoms with Crippen LogP contribution in [0.1, 0.15) is 0 Å². The molecule has 0 bridgehead atoms. The van der Waals surface area contributed by atoms with Crippen LogP contribution in [-0.4, -0.2) is 45.1 Å². The van der Waals surface area contributed by atoms with Gasteiger partial charge in [0.2, 0.25) is 0 Å². The molecule has 0 unspecified atom stereocenters. The van der Waals surface area contributed by atoms with E-state index in [1.807, 2.05) is 39.3 Å². The summed E-state index contributed by atoms with van der Waals surface area (Å²) in [6.07, 6.45) is 0. The second kappa shape index (κ2) is 14.2. The van der Waals surface area contributed by atoms with Crippen molar-refractivity contribution in [3.63, 3.8) is 0 Å². The summed E-state index contributed by atoms with van der Waals surface area (Å²) >= 11 is -1.13. The third-order valence-electron chi connectivity index (χ3n) is 4.86. The van der Waals surface area contributed by atoms with Crippen LogP contribution in [-0.2, 0) is 26.2 Å². The molecular weight excluding hydrogens is 589 g/mol. The number of benzene rings is 2. The molecule has 4 aromatic carbocycles. The molecule has 0 saturated carbocycles. The summed E-state index contributed by atoms with van der Waals surface area (Å²) in [6, 6.07) is 29.3. The van der Waals surface area contributed by atoms with Gasteiger partial charge in [-0.05, 0) is 0 Å². The molecule has 0 atom stereocenters. The summed E-state index contributed by atoms with van der Waals surface area (Å²) < 4.78 is 5.79. The van der Waals surface area contributed by atoms with Gasteiger partial charge in [-0.1, -0.05) is 12.1 Å². The Hall–Kier alpha value is -1.45. The molecule has 0 spiro atoms. The predicted octanol–water partition coefficient (Wildman–Crippen LogP) is 6.89. The minimum Gasteiger partial charge on any atom is -0.168 e. The van der Waals surface area contributed by atoms with Crippen LogP contribution in [0.25, 0.3) is 21.5 Å². The van der Waals surface area contributed by atoms with Crippen LogP contribution in [0.4, 0.5) is 9.59 Å². The maximum absolute atomic E-state index is 11.5. The van der Waals surface area contributed by atoms with Crippen molar-refractivity contribution in [2.24, 2.45) is 0 Å². The summed E-state index contributed by atoms with van der Waals surface area (Å²) in [6.45, 7) is 12.0. The molecule has 2 N–H and O–H groups in total. The predicted molar refractivity (Wildman–Crippen MR) is 149 cm³/mol. The summed E-state index contributed by atoms with van der Waals surface area (Å²) in [5.41, 5.74) is 0.303. The zero-order valence-electron chi connectivity index (χ0n) is 21.0. The van der Waals surface area contributed by atoms with Crippen molar-refractivity contribution in [2.75, 3.05) is 0 Å². The minimum absolute atomic E-state index is 0. The van der Waals surface area contributed by atoms with Gasteiger partial charge in [0.1, 0.15) is 0 Å².